The molecule has 1 aromatic carbocycles. The summed E-state index contributed by atoms with van der Waals surface area (Å²) in [5, 5.41) is 0. The van der Waals surface area contributed by atoms with Gasteiger partial charge in [-0.2, -0.15) is 0 Å². The molecule has 0 unspecified atom stereocenters. The molecule has 1 aliphatic rings. The van der Waals surface area contributed by atoms with Gasteiger partial charge in [-0.3, -0.25) is 4.79 Å². The average Bonchev–Trinajstić information content (AvgIpc) is 2.81. The lowest BCUT2D eigenvalue weighted by atomic mass is 10.1. The highest BCUT2D eigenvalue weighted by Gasteiger charge is 2.25. The molecule has 0 aromatic heterocycles. The second-order valence-corrected chi connectivity index (χ2v) is 8.04. The molecule has 0 N–H and O–H groups in total. The molecule has 1 fully saturated rings. The molecule has 5 nitrogen and oxygen atoms in total. The molecule has 0 atom stereocenters. The third-order valence-electron chi connectivity index (χ3n) is 4.48. The standard InChI is InChI=1S/C21H32N2O3/c1-17-9-11-18(12-10-17)7-5-8-19(24)22-13-6-14-23(16-15-22)20(25)26-21(2,3)4/h9-12H,5-8,13-16H2,1-4H3. The summed E-state index contributed by atoms with van der Waals surface area (Å²) in [6.45, 7) is 10.2. The lowest BCUT2D eigenvalue weighted by Gasteiger charge is -2.26. The molecule has 0 spiro atoms. The molecule has 26 heavy (non-hydrogen) atoms. The van der Waals surface area contributed by atoms with Gasteiger partial charge >= 0.3 is 6.09 Å². The van der Waals surface area contributed by atoms with Gasteiger partial charge in [0, 0.05) is 32.6 Å². The van der Waals surface area contributed by atoms with Gasteiger partial charge in [0.15, 0.2) is 0 Å². The maximum atomic E-state index is 12.5. The van der Waals surface area contributed by atoms with Crippen molar-refractivity contribution in [1.29, 1.82) is 0 Å². The molecule has 1 aliphatic heterocycles. The summed E-state index contributed by atoms with van der Waals surface area (Å²) in [5.41, 5.74) is 2.04. The molecule has 0 bridgehead atoms. The summed E-state index contributed by atoms with van der Waals surface area (Å²) >= 11 is 0. The smallest absolute Gasteiger partial charge is 0.410 e. The van der Waals surface area contributed by atoms with Crippen LogP contribution < -0.4 is 0 Å². The van der Waals surface area contributed by atoms with Crippen LogP contribution in [0.25, 0.3) is 0 Å². The number of benzene rings is 1. The number of hydrogen-bond donors (Lipinski definition) is 0. The Morgan fingerprint density at radius 3 is 2.27 bits per heavy atom. The van der Waals surface area contributed by atoms with Crippen molar-refractivity contribution in [2.75, 3.05) is 26.2 Å². The van der Waals surface area contributed by atoms with Crippen LogP contribution >= 0.6 is 0 Å². The van der Waals surface area contributed by atoms with Crippen molar-refractivity contribution in [3.05, 3.63) is 35.4 Å². The molecular weight excluding hydrogens is 328 g/mol. The lowest BCUT2D eigenvalue weighted by molar-refractivity contribution is -0.131. The third kappa shape index (κ3) is 6.70. The van der Waals surface area contributed by atoms with Crippen molar-refractivity contribution in [1.82, 2.24) is 9.80 Å². The van der Waals surface area contributed by atoms with E-state index in [1.54, 1.807) is 4.90 Å². The zero-order valence-corrected chi connectivity index (χ0v) is 16.6. The molecule has 1 aromatic rings. The van der Waals surface area contributed by atoms with Gasteiger partial charge in [0.25, 0.3) is 0 Å². The summed E-state index contributed by atoms with van der Waals surface area (Å²) in [6, 6.07) is 8.48. The maximum absolute atomic E-state index is 12.5. The van der Waals surface area contributed by atoms with Gasteiger partial charge in [0.2, 0.25) is 5.91 Å². The van der Waals surface area contributed by atoms with Gasteiger partial charge in [0.1, 0.15) is 5.60 Å². The zero-order chi connectivity index (χ0) is 19.2. The van der Waals surface area contributed by atoms with Crippen LogP contribution in [0.3, 0.4) is 0 Å². The van der Waals surface area contributed by atoms with Gasteiger partial charge in [-0.1, -0.05) is 29.8 Å². The van der Waals surface area contributed by atoms with Gasteiger partial charge in [0.05, 0.1) is 0 Å². The fourth-order valence-electron chi connectivity index (χ4n) is 3.03. The number of carbonyl (C=O) groups is 2. The number of nitrogens with zero attached hydrogens (tertiary/aromatic N) is 2. The minimum atomic E-state index is -0.491. The normalized spacial score (nSPS) is 15.5. The minimum Gasteiger partial charge on any atom is -0.444 e. The van der Waals surface area contributed by atoms with Crippen molar-refractivity contribution >= 4 is 12.0 Å². The van der Waals surface area contributed by atoms with E-state index < -0.39 is 5.60 Å². The van der Waals surface area contributed by atoms with E-state index in [0.29, 0.717) is 32.6 Å². The molecule has 5 heteroatoms. The number of amides is 2. The highest BCUT2D eigenvalue weighted by molar-refractivity contribution is 5.76. The van der Waals surface area contributed by atoms with E-state index in [4.69, 9.17) is 4.74 Å². The molecular formula is C21H32N2O3. The van der Waals surface area contributed by atoms with Crippen LogP contribution in [0.2, 0.25) is 0 Å². The molecule has 0 radical (unpaired) electrons. The van der Waals surface area contributed by atoms with Gasteiger partial charge in [-0.25, -0.2) is 4.79 Å². The molecule has 1 heterocycles. The molecule has 1 saturated heterocycles. The van der Waals surface area contributed by atoms with Crippen molar-refractivity contribution in [2.24, 2.45) is 0 Å². The molecule has 0 saturated carbocycles. The Labute approximate surface area is 157 Å². The topological polar surface area (TPSA) is 49.9 Å². The van der Waals surface area contributed by atoms with E-state index >= 15 is 0 Å². The quantitative estimate of drug-likeness (QED) is 0.821. The van der Waals surface area contributed by atoms with E-state index in [2.05, 4.69) is 31.2 Å². The summed E-state index contributed by atoms with van der Waals surface area (Å²) < 4.78 is 5.43. The second-order valence-electron chi connectivity index (χ2n) is 8.04. The van der Waals surface area contributed by atoms with E-state index in [0.717, 1.165) is 19.3 Å². The minimum absolute atomic E-state index is 0.183. The third-order valence-corrected chi connectivity index (χ3v) is 4.48. The fourth-order valence-corrected chi connectivity index (χ4v) is 3.03. The summed E-state index contributed by atoms with van der Waals surface area (Å²) in [7, 11) is 0. The molecule has 2 rings (SSSR count). The van der Waals surface area contributed by atoms with Gasteiger partial charge in [-0.05, 0) is 52.5 Å². The largest absolute Gasteiger partial charge is 0.444 e. The maximum Gasteiger partial charge on any atom is 0.410 e. The van der Waals surface area contributed by atoms with Crippen LogP contribution in [0, 0.1) is 6.92 Å². The average molecular weight is 360 g/mol. The number of carbonyl (C=O) groups excluding carboxylic acids is 2. The second kappa shape index (κ2) is 9.06. The van der Waals surface area contributed by atoms with Gasteiger partial charge < -0.3 is 14.5 Å². The lowest BCUT2D eigenvalue weighted by Crippen LogP contribution is -2.40. The summed E-state index contributed by atoms with van der Waals surface area (Å²) in [5.74, 6) is 0.183. The Bertz CT molecular complexity index is 605. The monoisotopic (exact) mass is 360 g/mol. The van der Waals surface area contributed by atoms with Crippen LogP contribution in [0.4, 0.5) is 4.79 Å². The Morgan fingerprint density at radius 1 is 1.00 bits per heavy atom. The first-order chi connectivity index (χ1) is 12.2. The Kier molecular flexibility index (Phi) is 7.06. The predicted octanol–water partition coefficient (Wildman–Crippen LogP) is 3.79. The number of hydrogen-bond acceptors (Lipinski definition) is 3. The summed E-state index contributed by atoms with van der Waals surface area (Å²) in [6.07, 6.45) is 2.84. The number of ether oxygens (including phenoxy) is 1. The molecule has 144 valence electrons. The van der Waals surface area contributed by atoms with Crippen LogP contribution in [0.15, 0.2) is 24.3 Å². The SMILES string of the molecule is Cc1ccc(CCCC(=O)N2CCCN(C(=O)OC(C)(C)C)CC2)cc1. The van der Waals surface area contributed by atoms with Crippen molar-refractivity contribution < 1.29 is 14.3 Å². The number of rotatable bonds is 4. The first-order valence-corrected chi connectivity index (χ1v) is 9.56. The first-order valence-electron chi connectivity index (χ1n) is 9.56. The van der Waals surface area contributed by atoms with Gasteiger partial charge in [-0.15, -0.1) is 0 Å². The Hall–Kier alpha value is -2.04. The van der Waals surface area contributed by atoms with E-state index in [1.807, 2.05) is 25.7 Å². The van der Waals surface area contributed by atoms with E-state index in [9.17, 15) is 9.59 Å². The van der Waals surface area contributed by atoms with Crippen LogP contribution in [0.5, 0.6) is 0 Å². The van der Waals surface area contributed by atoms with Crippen LogP contribution in [0.1, 0.15) is 51.2 Å². The van der Waals surface area contributed by atoms with Crippen molar-refractivity contribution in [2.45, 2.75) is 59.0 Å². The highest BCUT2D eigenvalue weighted by atomic mass is 16.6. The van der Waals surface area contributed by atoms with Crippen LogP contribution in [-0.4, -0.2) is 53.6 Å². The zero-order valence-electron chi connectivity index (χ0n) is 16.6. The Morgan fingerprint density at radius 2 is 1.62 bits per heavy atom. The molecule has 2 amide bonds. The number of aryl methyl sites for hydroxylation is 2. The highest BCUT2D eigenvalue weighted by Crippen LogP contribution is 2.13. The van der Waals surface area contributed by atoms with E-state index in [-0.39, 0.29) is 12.0 Å². The van der Waals surface area contributed by atoms with Crippen molar-refractivity contribution in [3.63, 3.8) is 0 Å². The van der Waals surface area contributed by atoms with E-state index in [1.165, 1.54) is 11.1 Å². The summed E-state index contributed by atoms with van der Waals surface area (Å²) in [4.78, 5) is 28.3. The predicted molar refractivity (Wildman–Crippen MR) is 103 cm³/mol. The Balaban J connectivity index is 1.76. The fraction of sp³-hybridized carbons (Fsp3) is 0.619. The molecule has 0 aliphatic carbocycles. The first kappa shape index (κ1) is 20.3. The van der Waals surface area contributed by atoms with Crippen LogP contribution in [-0.2, 0) is 16.0 Å². The van der Waals surface area contributed by atoms with Crippen molar-refractivity contribution in [3.8, 4) is 0 Å².